The molecule has 0 aliphatic rings. The highest BCUT2D eigenvalue weighted by Crippen LogP contribution is 2.19. The topological polar surface area (TPSA) is 30.0 Å². The van der Waals surface area contributed by atoms with E-state index in [-0.39, 0.29) is 12.1 Å². The molecule has 0 saturated carbocycles. The first-order chi connectivity index (χ1) is 16.9. The van der Waals surface area contributed by atoms with Gasteiger partial charge in [0.25, 0.3) is 0 Å². The third kappa shape index (κ3) is 13.0. The molecule has 5 nitrogen and oxygen atoms in total. The summed E-state index contributed by atoms with van der Waals surface area (Å²) in [5, 5.41) is 0. The van der Waals surface area contributed by atoms with E-state index in [1.54, 1.807) is 0 Å². The molecule has 35 heavy (non-hydrogen) atoms. The Hall–Kier alpha value is -1.24. The number of urea groups is 1. The predicted molar refractivity (Wildman–Crippen MR) is 155 cm³/mol. The molecule has 0 radical (unpaired) electrons. The Morgan fingerprint density at radius 1 is 0.714 bits per heavy atom. The van der Waals surface area contributed by atoms with Crippen LogP contribution in [0, 0.1) is 6.92 Å². The van der Waals surface area contributed by atoms with Gasteiger partial charge < -0.3 is 19.6 Å². The van der Waals surface area contributed by atoms with E-state index in [0.29, 0.717) is 0 Å². The van der Waals surface area contributed by atoms with Crippen molar-refractivity contribution in [3.8, 4) is 0 Å². The Bertz CT molecular complexity index is 635. The number of carbonyl (C=O) groups is 1. The molecule has 0 bridgehead atoms. The van der Waals surface area contributed by atoms with Gasteiger partial charge in [-0.05, 0) is 84.8 Å². The van der Waals surface area contributed by atoms with E-state index < -0.39 is 0 Å². The van der Waals surface area contributed by atoms with Crippen molar-refractivity contribution in [2.24, 2.45) is 0 Å². The zero-order valence-corrected chi connectivity index (χ0v) is 24.7. The summed E-state index contributed by atoms with van der Waals surface area (Å²) < 4.78 is 0. The Labute approximate surface area is 221 Å². The third-order valence-corrected chi connectivity index (χ3v) is 7.29. The maximum absolute atomic E-state index is 13.8. The first-order valence-electron chi connectivity index (χ1n) is 14.1. The van der Waals surface area contributed by atoms with Crippen LogP contribution in [-0.4, -0.2) is 96.3 Å². The minimum absolute atomic E-state index is 0.188. The van der Waals surface area contributed by atoms with Crippen molar-refractivity contribution in [1.29, 1.82) is 0 Å². The minimum atomic E-state index is 0.188. The minimum Gasteiger partial charge on any atom is -0.322 e. The summed E-state index contributed by atoms with van der Waals surface area (Å²) in [6, 6.07) is 9.07. The van der Waals surface area contributed by atoms with Crippen LogP contribution in [0.2, 0.25) is 0 Å². The summed E-state index contributed by atoms with van der Waals surface area (Å²) in [6.07, 6.45) is 4.62. The van der Waals surface area contributed by atoms with Gasteiger partial charge in [0, 0.05) is 49.4 Å². The average molecular weight is 507 g/mol. The lowest BCUT2D eigenvalue weighted by Crippen LogP contribution is -2.51. The van der Waals surface area contributed by atoms with Crippen LogP contribution in [0.4, 0.5) is 4.79 Å². The fraction of sp³-hybridized carbons (Fsp3) is 0.759. The molecule has 0 heterocycles. The molecular formula is C29H54N4OS. The van der Waals surface area contributed by atoms with Crippen molar-refractivity contribution >= 4 is 17.8 Å². The Balaban J connectivity index is 2.87. The van der Waals surface area contributed by atoms with Crippen LogP contribution < -0.4 is 0 Å². The van der Waals surface area contributed by atoms with E-state index in [0.717, 1.165) is 90.3 Å². The molecule has 0 aromatic heterocycles. The van der Waals surface area contributed by atoms with Gasteiger partial charge in [0.1, 0.15) is 0 Å². The smallest absolute Gasteiger partial charge is 0.320 e. The highest BCUT2D eigenvalue weighted by Gasteiger charge is 2.24. The van der Waals surface area contributed by atoms with Gasteiger partial charge in [0.05, 0.1) is 0 Å². The van der Waals surface area contributed by atoms with Crippen molar-refractivity contribution in [3.63, 3.8) is 0 Å². The second-order valence-electron chi connectivity index (χ2n) is 9.90. The first-order valence-corrected chi connectivity index (χ1v) is 15.0. The first kappa shape index (κ1) is 31.8. The molecule has 0 unspecified atom stereocenters. The fourth-order valence-electron chi connectivity index (χ4n) is 4.42. The van der Waals surface area contributed by atoms with Crippen LogP contribution >= 0.6 is 11.8 Å². The van der Waals surface area contributed by atoms with Gasteiger partial charge in [-0.15, -0.1) is 11.8 Å². The molecule has 0 fully saturated rings. The van der Waals surface area contributed by atoms with E-state index in [1.165, 1.54) is 10.5 Å². The number of rotatable bonds is 19. The molecular weight excluding hydrogens is 452 g/mol. The summed E-state index contributed by atoms with van der Waals surface area (Å²) in [5.74, 6) is 0.913. The number of carbonyl (C=O) groups excluding carboxylic acids is 1. The van der Waals surface area contributed by atoms with Gasteiger partial charge in [-0.2, -0.15) is 0 Å². The van der Waals surface area contributed by atoms with Gasteiger partial charge >= 0.3 is 6.03 Å². The molecule has 1 aromatic carbocycles. The number of nitrogens with zero attached hydrogens (tertiary/aromatic N) is 4. The molecule has 202 valence electrons. The van der Waals surface area contributed by atoms with E-state index in [1.807, 2.05) is 11.8 Å². The predicted octanol–water partition coefficient (Wildman–Crippen LogP) is 6.46. The maximum Gasteiger partial charge on any atom is 0.320 e. The summed E-state index contributed by atoms with van der Waals surface area (Å²) in [4.78, 5) is 24.4. The SMILES string of the molecule is CCCN(CCC)CCN(CCN(CCC)CCC)C(=O)N(CCSc1ccc(C)cc1)C(C)C. The number of amides is 2. The Morgan fingerprint density at radius 2 is 1.17 bits per heavy atom. The lowest BCUT2D eigenvalue weighted by molar-refractivity contribution is 0.127. The molecule has 0 spiro atoms. The molecule has 1 rings (SSSR count). The monoisotopic (exact) mass is 506 g/mol. The molecule has 2 amide bonds. The second kappa shape index (κ2) is 18.9. The number of aryl methyl sites for hydroxylation is 1. The highest BCUT2D eigenvalue weighted by molar-refractivity contribution is 7.99. The van der Waals surface area contributed by atoms with E-state index >= 15 is 0 Å². The van der Waals surface area contributed by atoms with E-state index in [2.05, 4.69) is 92.3 Å². The fourth-order valence-corrected chi connectivity index (χ4v) is 5.27. The largest absolute Gasteiger partial charge is 0.322 e. The number of hydrogen-bond donors (Lipinski definition) is 0. The van der Waals surface area contributed by atoms with Gasteiger partial charge in [0.2, 0.25) is 0 Å². The summed E-state index contributed by atoms with van der Waals surface area (Å²) in [5.41, 5.74) is 1.28. The van der Waals surface area contributed by atoms with Gasteiger partial charge in [-0.3, -0.25) is 0 Å². The van der Waals surface area contributed by atoms with Crippen LogP contribution in [0.1, 0.15) is 72.8 Å². The standard InChI is InChI=1S/C29H54N4OS/c1-8-16-30(17-9-2)20-22-32(23-21-31(18-10-3)19-11-4)29(34)33(26(5)6)24-25-35-28-14-12-27(7)13-15-28/h12-15,26H,8-11,16-25H2,1-7H3. The lowest BCUT2D eigenvalue weighted by Gasteiger charge is -2.36. The third-order valence-electron chi connectivity index (χ3n) is 6.29. The molecule has 0 N–H and O–H groups in total. The Kier molecular flexibility index (Phi) is 17.2. The summed E-state index contributed by atoms with van der Waals surface area (Å²) >= 11 is 1.84. The van der Waals surface area contributed by atoms with Crippen molar-refractivity contribution in [1.82, 2.24) is 19.6 Å². The van der Waals surface area contributed by atoms with Crippen LogP contribution in [-0.2, 0) is 0 Å². The van der Waals surface area contributed by atoms with Gasteiger partial charge in [0.15, 0.2) is 0 Å². The van der Waals surface area contributed by atoms with Crippen molar-refractivity contribution in [2.45, 2.75) is 85.1 Å². The average Bonchev–Trinajstić information content (AvgIpc) is 2.82. The lowest BCUT2D eigenvalue weighted by atomic mass is 10.2. The van der Waals surface area contributed by atoms with Gasteiger partial charge in [-0.1, -0.05) is 45.4 Å². The molecule has 0 atom stereocenters. The molecule has 6 heteroatoms. The number of benzene rings is 1. The highest BCUT2D eigenvalue weighted by atomic mass is 32.2. The van der Waals surface area contributed by atoms with Crippen molar-refractivity contribution in [3.05, 3.63) is 29.8 Å². The van der Waals surface area contributed by atoms with Crippen molar-refractivity contribution in [2.75, 3.05) is 64.7 Å². The maximum atomic E-state index is 13.8. The van der Waals surface area contributed by atoms with Crippen LogP contribution in [0.15, 0.2) is 29.2 Å². The zero-order valence-electron chi connectivity index (χ0n) is 23.9. The quantitative estimate of drug-likeness (QED) is 0.201. The zero-order chi connectivity index (χ0) is 26.1. The normalized spacial score (nSPS) is 11.6. The van der Waals surface area contributed by atoms with Crippen molar-refractivity contribution < 1.29 is 4.79 Å². The summed E-state index contributed by atoms with van der Waals surface area (Å²) in [7, 11) is 0. The molecule has 1 aromatic rings. The van der Waals surface area contributed by atoms with E-state index in [4.69, 9.17) is 0 Å². The van der Waals surface area contributed by atoms with Gasteiger partial charge in [-0.25, -0.2) is 4.79 Å². The van der Waals surface area contributed by atoms with E-state index in [9.17, 15) is 4.79 Å². The molecule has 0 aliphatic heterocycles. The Morgan fingerprint density at radius 3 is 1.57 bits per heavy atom. The summed E-state index contributed by atoms with van der Waals surface area (Å²) in [6.45, 7) is 24.1. The second-order valence-corrected chi connectivity index (χ2v) is 11.1. The van der Waals surface area contributed by atoms with Crippen LogP contribution in [0.25, 0.3) is 0 Å². The number of hydrogen-bond acceptors (Lipinski definition) is 4. The number of thioether (sulfide) groups is 1. The van der Waals surface area contributed by atoms with Crippen LogP contribution in [0.3, 0.4) is 0 Å². The molecule has 0 saturated heterocycles. The molecule has 0 aliphatic carbocycles. The van der Waals surface area contributed by atoms with Crippen LogP contribution in [0.5, 0.6) is 0 Å².